The minimum atomic E-state index is -4.70. The largest absolute Gasteiger partial charge is 0.573 e. The molecular formula is C14H13F3N2O2. The Kier molecular flexibility index (Phi) is 4.52. The molecule has 0 saturated heterocycles. The molecule has 21 heavy (non-hydrogen) atoms. The van der Waals surface area contributed by atoms with Gasteiger partial charge in [0.1, 0.15) is 5.75 Å². The van der Waals surface area contributed by atoms with E-state index in [-0.39, 0.29) is 5.75 Å². The second-order valence-corrected chi connectivity index (χ2v) is 4.11. The van der Waals surface area contributed by atoms with E-state index in [9.17, 15) is 13.2 Å². The third-order valence-electron chi connectivity index (χ3n) is 2.58. The summed E-state index contributed by atoms with van der Waals surface area (Å²) in [4.78, 5) is 4.02. The fraction of sp³-hybridized carbons (Fsp3) is 0.214. The maximum Gasteiger partial charge on any atom is 0.573 e. The molecule has 0 aliphatic carbocycles. The van der Waals surface area contributed by atoms with E-state index in [0.29, 0.717) is 23.7 Å². The lowest BCUT2D eigenvalue weighted by Gasteiger charge is -2.12. The first kappa shape index (κ1) is 15.0. The molecule has 2 aromatic rings. The van der Waals surface area contributed by atoms with Gasteiger partial charge in [0.2, 0.25) is 5.88 Å². The number of alkyl halides is 3. The van der Waals surface area contributed by atoms with E-state index >= 15 is 0 Å². The first-order valence-electron chi connectivity index (χ1n) is 6.05. The van der Waals surface area contributed by atoms with Gasteiger partial charge in [0, 0.05) is 12.7 Å². The van der Waals surface area contributed by atoms with E-state index in [4.69, 9.17) is 4.74 Å². The summed E-state index contributed by atoms with van der Waals surface area (Å²) >= 11 is 0. The van der Waals surface area contributed by atoms with E-state index in [0.717, 1.165) is 0 Å². The highest BCUT2D eigenvalue weighted by Crippen LogP contribution is 2.24. The van der Waals surface area contributed by atoms with Crippen LogP contribution < -0.4 is 14.8 Å². The monoisotopic (exact) mass is 298 g/mol. The number of halogens is 3. The van der Waals surface area contributed by atoms with Crippen molar-refractivity contribution < 1.29 is 22.6 Å². The number of nitrogens with one attached hydrogen (secondary N) is 1. The van der Waals surface area contributed by atoms with Crippen LogP contribution in [0.5, 0.6) is 11.6 Å². The van der Waals surface area contributed by atoms with Crippen molar-refractivity contribution in [2.24, 2.45) is 0 Å². The molecule has 1 aromatic carbocycles. The SMILES string of the molecule is COc1ncccc1NCc1cccc(OC(F)(F)F)c1. The summed E-state index contributed by atoms with van der Waals surface area (Å²) in [6.45, 7) is 0.317. The summed E-state index contributed by atoms with van der Waals surface area (Å²) in [6.07, 6.45) is -3.11. The van der Waals surface area contributed by atoms with Crippen LogP contribution in [-0.4, -0.2) is 18.5 Å². The lowest BCUT2D eigenvalue weighted by Crippen LogP contribution is -2.17. The highest BCUT2D eigenvalue weighted by molar-refractivity contribution is 5.52. The Labute approximate surface area is 119 Å². The van der Waals surface area contributed by atoms with Crippen LogP contribution in [0.3, 0.4) is 0 Å². The predicted octanol–water partition coefficient (Wildman–Crippen LogP) is 3.60. The van der Waals surface area contributed by atoms with Gasteiger partial charge in [-0.3, -0.25) is 0 Å². The summed E-state index contributed by atoms with van der Waals surface area (Å²) in [5.41, 5.74) is 1.30. The van der Waals surface area contributed by atoms with Crippen LogP contribution in [0.15, 0.2) is 42.6 Å². The topological polar surface area (TPSA) is 43.4 Å². The third kappa shape index (κ3) is 4.55. The molecular weight excluding hydrogens is 285 g/mol. The average molecular weight is 298 g/mol. The van der Waals surface area contributed by atoms with Crippen molar-refractivity contribution in [1.82, 2.24) is 4.98 Å². The molecule has 7 heteroatoms. The van der Waals surface area contributed by atoms with Crippen molar-refractivity contribution in [2.45, 2.75) is 12.9 Å². The number of rotatable bonds is 5. The summed E-state index contributed by atoms with van der Waals surface area (Å²) in [7, 11) is 1.49. The summed E-state index contributed by atoms with van der Waals surface area (Å²) in [5, 5.41) is 3.05. The smallest absolute Gasteiger partial charge is 0.480 e. The zero-order valence-electron chi connectivity index (χ0n) is 11.1. The predicted molar refractivity (Wildman–Crippen MR) is 71.2 cm³/mol. The van der Waals surface area contributed by atoms with Gasteiger partial charge >= 0.3 is 6.36 Å². The molecule has 0 bridgehead atoms. The Morgan fingerprint density at radius 1 is 1.19 bits per heavy atom. The number of anilines is 1. The number of methoxy groups -OCH3 is 1. The molecule has 112 valence electrons. The number of ether oxygens (including phenoxy) is 2. The minimum absolute atomic E-state index is 0.250. The lowest BCUT2D eigenvalue weighted by molar-refractivity contribution is -0.274. The van der Waals surface area contributed by atoms with Gasteiger partial charge in [-0.1, -0.05) is 12.1 Å². The summed E-state index contributed by atoms with van der Waals surface area (Å²) in [5.74, 6) is 0.167. The van der Waals surface area contributed by atoms with Gasteiger partial charge in [0.25, 0.3) is 0 Å². The number of hydrogen-bond acceptors (Lipinski definition) is 4. The van der Waals surface area contributed by atoms with E-state index < -0.39 is 6.36 Å². The first-order chi connectivity index (χ1) is 9.98. The molecule has 0 radical (unpaired) electrons. The molecule has 0 spiro atoms. The number of pyridine rings is 1. The van der Waals surface area contributed by atoms with Crippen molar-refractivity contribution in [2.75, 3.05) is 12.4 Å². The highest BCUT2D eigenvalue weighted by atomic mass is 19.4. The van der Waals surface area contributed by atoms with Crippen LogP contribution in [0.1, 0.15) is 5.56 Å². The second-order valence-electron chi connectivity index (χ2n) is 4.11. The lowest BCUT2D eigenvalue weighted by atomic mass is 10.2. The molecule has 1 aromatic heterocycles. The van der Waals surface area contributed by atoms with Crippen LogP contribution >= 0.6 is 0 Å². The molecule has 1 heterocycles. The molecule has 0 amide bonds. The third-order valence-corrected chi connectivity index (χ3v) is 2.58. The summed E-state index contributed by atoms with van der Waals surface area (Å²) in [6, 6.07) is 9.26. The molecule has 4 nitrogen and oxygen atoms in total. The molecule has 1 N–H and O–H groups in total. The maximum atomic E-state index is 12.2. The van der Waals surface area contributed by atoms with Crippen molar-refractivity contribution in [3.63, 3.8) is 0 Å². The van der Waals surface area contributed by atoms with Gasteiger partial charge in [0.15, 0.2) is 0 Å². The fourth-order valence-electron chi connectivity index (χ4n) is 1.74. The van der Waals surface area contributed by atoms with Crippen LogP contribution in [0, 0.1) is 0 Å². The number of aromatic nitrogens is 1. The number of hydrogen-bond donors (Lipinski definition) is 1. The average Bonchev–Trinajstić information content (AvgIpc) is 2.44. The van der Waals surface area contributed by atoms with E-state index in [1.165, 1.54) is 25.3 Å². The Bertz CT molecular complexity index is 603. The Morgan fingerprint density at radius 3 is 2.71 bits per heavy atom. The molecule has 0 aliphatic rings. The standard InChI is InChI=1S/C14H13F3N2O2/c1-20-13-12(6-3-7-18-13)19-9-10-4-2-5-11(8-10)21-14(15,16)17/h2-8,19H,9H2,1H3. The molecule has 0 fully saturated rings. The first-order valence-corrected chi connectivity index (χ1v) is 6.05. The van der Waals surface area contributed by atoms with Crippen molar-refractivity contribution in [3.05, 3.63) is 48.2 Å². The van der Waals surface area contributed by atoms with Crippen LogP contribution in [0.25, 0.3) is 0 Å². The fourth-order valence-corrected chi connectivity index (χ4v) is 1.74. The molecule has 0 unspecified atom stereocenters. The van der Waals surface area contributed by atoms with E-state index in [1.54, 1.807) is 24.4 Å². The number of nitrogens with zero attached hydrogens (tertiary/aromatic N) is 1. The molecule has 0 atom stereocenters. The quantitative estimate of drug-likeness (QED) is 0.916. The van der Waals surface area contributed by atoms with Gasteiger partial charge in [-0.2, -0.15) is 0 Å². The van der Waals surface area contributed by atoms with Crippen molar-refractivity contribution in [3.8, 4) is 11.6 Å². The Hall–Kier alpha value is -2.44. The van der Waals surface area contributed by atoms with Crippen molar-refractivity contribution >= 4 is 5.69 Å². The number of benzene rings is 1. The van der Waals surface area contributed by atoms with Crippen molar-refractivity contribution in [1.29, 1.82) is 0 Å². The zero-order valence-corrected chi connectivity index (χ0v) is 11.1. The van der Waals surface area contributed by atoms with Gasteiger partial charge in [0.05, 0.1) is 12.8 Å². The minimum Gasteiger partial charge on any atom is -0.480 e. The van der Waals surface area contributed by atoms with Gasteiger partial charge in [-0.15, -0.1) is 13.2 Å². The normalized spacial score (nSPS) is 11.0. The van der Waals surface area contributed by atoms with Crippen LogP contribution in [0.4, 0.5) is 18.9 Å². The van der Waals surface area contributed by atoms with E-state index in [1.807, 2.05) is 0 Å². The Balaban J connectivity index is 2.05. The molecule has 0 aliphatic heterocycles. The van der Waals surface area contributed by atoms with Gasteiger partial charge < -0.3 is 14.8 Å². The highest BCUT2D eigenvalue weighted by Gasteiger charge is 2.31. The van der Waals surface area contributed by atoms with Crippen LogP contribution in [0.2, 0.25) is 0 Å². The van der Waals surface area contributed by atoms with Gasteiger partial charge in [-0.25, -0.2) is 4.98 Å². The maximum absolute atomic E-state index is 12.2. The second kappa shape index (κ2) is 6.34. The van der Waals surface area contributed by atoms with E-state index in [2.05, 4.69) is 15.0 Å². The Morgan fingerprint density at radius 2 is 2.00 bits per heavy atom. The van der Waals surface area contributed by atoms with Gasteiger partial charge in [-0.05, 0) is 29.8 Å². The zero-order chi connectivity index (χ0) is 15.3. The summed E-state index contributed by atoms with van der Waals surface area (Å²) < 4.78 is 45.4. The molecule has 2 rings (SSSR count). The molecule has 0 saturated carbocycles. The van der Waals surface area contributed by atoms with Crippen LogP contribution in [-0.2, 0) is 6.54 Å².